The lowest BCUT2D eigenvalue weighted by Gasteiger charge is -2.04. The minimum Gasteiger partial charge on any atom is -0.450 e. The highest BCUT2D eigenvalue weighted by Gasteiger charge is 2.20. The largest absolute Gasteiger partial charge is 0.450 e. The first-order valence-electron chi connectivity index (χ1n) is 8.83. The predicted octanol–water partition coefficient (Wildman–Crippen LogP) is 6.13. The lowest BCUT2D eigenvalue weighted by atomic mass is 10.0. The van der Waals surface area contributed by atoms with Crippen molar-refractivity contribution in [3.05, 3.63) is 94.5 Å². The van der Waals surface area contributed by atoms with Crippen molar-refractivity contribution in [2.45, 2.75) is 13.5 Å². The summed E-state index contributed by atoms with van der Waals surface area (Å²) in [5, 5.41) is 5.08. The number of aryl methyl sites for hydroxylation is 1. The number of rotatable bonds is 4. The van der Waals surface area contributed by atoms with Gasteiger partial charge in [0.1, 0.15) is 11.6 Å². The molecule has 1 aromatic heterocycles. The van der Waals surface area contributed by atoms with Crippen molar-refractivity contribution in [3.8, 4) is 11.3 Å². The SMILES string of the molecule is Cc1ccc2c(C(=O)NCc3ccc(F)cc3)oc(-c3ccc(Cl)cc3)c2c1. The fourth-order valence-corrected chi connectivity index (χ4v) is 3.23. The van der Waals surface area contributed by atoms with Gasteiger partial charge in [0.05, 0.1) is 0 Å². The first kappa shape index (κ1) is 18.3. The molecular formula is C23H17ClFNO2. The molecular weight excluding hydrogens is 377 g/mol. The van der Waals surface area contributed by atoms with E-state index < -0.39 is 0 Å². The highest BCUT2D eigenvalue weighted by molar-refractivity contribution is 6.30. The Morgan fingerprint density at radius 2 is 1.71 bits per heavy atom. The van der Waals surface area contributed by atoms with Crippen LogP contribution >= 0.6 is 11.6 Å². The average Bonchev–Trinajstić information content (AvgIpc) is 3.06. The number of furan rings is 1. The zero-order valence-electron chi connectivity index (χ0n) is 15.1. The molecule has 1 N–H and O–H groups in total. The quantitative estimate of drug-likeness (QED) is 0.453. The summed E-state index contributed by atoms with van der Waals surface area (Å²) in [5.41, 5.74) is 2.72. The number of carbonyl (C=O) groups is 1. The molecule has 140 valence electrons. The Kier molecular flexibility index (Phi) is 4.88. The van der Waals surface area contributed by atoms with E-state index in [0.29, 0.717) is 10.8 Å². The molecule has 1 heterocycles. The fraction of sp³-hybridized carbons (Fsp3) is 0.0870. The number of amides is 1. The average molecular weight is 394 g/mol. The number of benzene rings is 3. The third-order valence-corrected chi connectivity index (χ3v) is 4.80. The Bertz CT molecular complexity index is 1150. The van der Waals surface area contributed by atoms with Gasteiger partial charge in [0.2, 0.25) is 0 Å². The van der Waals surface area contributed by atoms with Crippen molar-refractivity contribution >= 4 is 28.3 Å². The maximum Gasteiger partial charge on any atom is 0.287 e. The van der Waals surface area contributed by atoms with E-state index in [1.807, 2.05) is 37.3 Å². The second-order valence-electron chi connectivity index (χ2n) is 6.63. The lowest BCUT2D eigenvalue weighted by molar-refractivity contribution is 0.0926. The molecule has 3 aromatic carbocycles. The molecule has 0 radical (unpaired) electrons. The molecule has 5 heteroatoms. The normalized spacial score (nSPS) is 11.0. The number of hydrogen-bond acceptors (Lipinski definition) is 2. The van der Waals surface area contributed by atoms with Gasteiger partial charge in [0.15, 0.2) is 5.76 Å². The Morgan fingerprint density at radius 3 is 2.43 bits per heavy atom. The van der Waals surface area contributed by atoms with Crippen molar-refractivity contribution in [1.29, 1.82) is 0 Å². The first-order valence-corrected chi connectivity index (χ1v) is 9.21. The zero-order valence-corrected chi connectivity index (χ0v) is 15.9. The van der Waals surface area contributed by atoms with Gasteiger partial charge < -0.3 is 9.73 Å². The highest BCUT2D eigenvalue weighted by Crippen LogP contribution is 2.35. The second-order valence-corrected chi connectivity index (χ2v) is 7.06. The number of hydrogen-bond donors (Lipinski definition) is 1. The summed E-state index contributed by atoms with van der Waals surface area (Å²) in [7, 11) is 0. The maximum atomic E-state index is 13.0. The molecule has 28 heavy (non-hydrogen) atoms. The van der Waals surface area contributed by atoms with E-state index in [4.69, 9.17) is 16.0 Å². The van der Waals surface area contributed by atoms with Crippen LogP contribution in [0.2, 0.25) is 5.02 Å². The van der Waals surface area contributed by atoms with Gasteiger partial charge in [-0.05, 0) is 55.0 Å². The molecule has 0 aliphatic carbocycles. The van der Waals surface area contributed by atoms with E-state index in [1.54, 1.807) is 24.3 Å². The molecule has 0 atom stereocenters. The molecule has 0 fully saturated rings. The van der Waals surface area contributed by atoms with E-state index >= 15 is 0 Å². The third kappa shape index (κ3) is 3.64. The van der Waals surface area contributed by atoms with Crippen molar-refractivity contribution in [2.75, 3.05) is 0 Å². The van der Waals surface area contributed by atoms with Gasteiger partial charge in [-0.25, -0.2) is 4.39 Å². The van der Waals surface area contributed by atoms with Crippen LogP contribution in [-0.2, 0) is 6.54 Å². The summed E-state index contributed by atoms with van der Waals surface area (Å²) in [5.74, 6) is 0.248. The van der Waals surface area contributed by atoms with E-state index in [-0.39, 0.29) is 24.0 Å². The topological polar surface area (TPSA) is 42.2 Å². The summed E-state index contributed by atoms with van der Waals surface area (Å²) in [4.78, 5) is 12.8. The molecule has 0 aliphatic heterocycles. The zero-order chi connectivity index (χ0) is 19.7. The Labute approximate surface area is 166 Å². The summed E-state index contributed by atoms with van der Waals surface area (Å²) >= 11 is 5.99. The Morgan fingerprint density at radius 1 is 1.00 bits per heavy atom. The highest BCUT2D eigenvalue weighted by atomic mass is 35.5. The van der Waals surface area contributed by atoms with Gasteiger partial charge in [0.25, 0.3) is 5.91 Å². The summed E-state index contributed by atoms with van der Waals surface area (Å²) in [6, 6.07) is 19.1. The van der Waals surface area contributed by atoms with Gasteiger partial charge in [-0.2, -0.15) is 0 Å². The number of nitrogens with one attached hydrogen (secondary N) is 1. The number of fused-ring (bicyclic) bond motifs is 1. The van der Waals surface area contributed by atoms with E-state index in [9.17, 15) is 9.18 Å². The molecule has 1 amide bonds. The molecule has 3 nitrogen and oxygen atoms in total. The van der Waals surface area contributed by atoms with Crippen LogP contribution in [0.5, 0.6) is 0 Å². The molecule has 4 aromatic rings. The molecule has 4 rings (SSSR count). The van der Waals surface area contributed by atoms with E-state index in [0.717, 1.165) is 27.5 Å². The predicted molar refractivity (Wildman–Crippen MR) is 109 cm³/mol. The maximum absolute atomic E-state index is 13.0. The van der Waals surface area contributed by atoms with Crippen LogP contribution in [0.4, 0.5) is 4.39 Å². The molecule has 0 aliphatic rings. The summed E-state index contributed by atoms with van der Waals surface area (Å²) in [6.07, 6.45) is 0. The van der Waals surface area contributed by atoms with Crippen LogP contribution in [0.15, 0.2) is 71.1 Å². The van der Waals surface area contributed by atoms with Crippen molar-refractivity contribution in [3.63, 3.8) is 0 Å². The first-order chi connectivity index (χ1) is 13.5. The van der Waals surface area contributed by atoms with Gasteiger partial charge >= 0.3 is 0 Å². The Hall–Kier alpha value is -3.11. The number of halogens is 2. The molecule has 0 unspecified atom stereocenters. The molecule has 0 saturated carbocycles. The van der Waals surface area contributed by atoms with Gasteiger partial charge in [-0.3, -0.25) is 4.79 Å². The second kappa shape index (κ2) is 7.49. The fourth-order valence-electron chi connectivity index (χ4n) is 3.11. The summed E-state index contributed by atoms with van der Waals surface area (Å²) in [6.45, 7) is 2.27. The van der Waals surface area contributed by atoms with Crippen LogP contribution < -0.4 is 5.32 Å². The standard InChI is InChI=1S/C23H17ClFNO2/c1-14-2-11-19-20(12-14)21(16-5-7-17(24)8-6-16)28-22(19)23(27)26-13-15-3-9-18(25)10-4-15/h2-12H,13H2,1H3,(H,26,27). The Balaban J connectivity index is 1.69. The van der Waals surface area contributed by atoms with Gasteiger partial charge in [0, 0.05) is 27.9 Å². The van der Waals surface area contributed by atoms with E-state index in [1.165, 1.54) is 12.1 Å². The molecule has 0 spiro atoms. The minimum atomic E-state index is -0.321. The van der Waals surface area contributed by atoms with Gasteiger partial charge in [-0.15, -0.1) is 0 Å². The smallest absolute Gasteiger partial charge is 0.287 e. The van der Waals surface area contributed by atoms with Crippen LogP contribution in [0.25, 0.3) is 22.1 Å². The monoisotopic (exact) mass is 393 g/mol. The van der Waals surface area contributed by atoms with Crippen LogP contribution in [0, 0.1) is 12.7 Å². The van der Waals surface area contributed by atoms with Crippen molar-refractivity contribution in [2.24, 2.45) is 0 Å². The van der Waals surface area contributed by atoms with Crippen LogP contribution in [-0.4, -0.2) is 5.91 Å². The number of carbonyl (C=O) groups excluding carboxylic acids is 1. The van der Waals surface area contributed by atoms with Crippen molar-refractivity contribution in [1.82, 2.24) is 5.32 Å². The molecule has 0 saturated heterocycles. The van der Waals surface area contributed by atoms with E-state index in [2.05, 4.69) is 5.32 Å². The molecule has 0 bridgehead atoms. The van der Waals surface area contributed by atoms with Crippen LogP contribution in [0.3, 0.4) is 0 Å². The van der Waals surface area contributed by atoms with Crippen LogP contribution in [0.1, 0.15) is 21.7 Å². The minimum absolute atomic E-state index is 0.252. The van der Waals surface area contributed by atoms with Crippen molar-refractivity contribution < 1.29 is 13.6 Å². The van der Waals surface area contributed by atoms with Gasteiger partial charge in [-0.1, -0.05) is 41.4 Å². The summed E-state index contributed by atoms with van der Waals surface area (Å²) < 4.78 is 19.0. The lowest BCUT2D eigenvalue weighted by Crippen LogP contribution is -2.22. The third-order valence-electron chi connectivity index (χ3n) is 4.55.